The third kappa shape index (κ3) is 4.90. The Morgan fingerprint density at radius 1 is 1.07 bits per heavy atom. The summed E-state index contributed by atoms with van der Waals surface area (Å²) in [5, 5.41) is 12.2. The fourth-order valence-electron chi connectivity index (χ4n) is 2.94. The Morgan fingerprint density at radius 2 is 1.80 bits per heavy atom. The third-order valence-electron chi connectivity index (χ3n) is 4.30. The maximum Gasteiger partial charge on any atom is 0.221 e. The van der Waals surface area contributed by atoms with Crippen LogP contribution in [0.25, 0.3) is 11.3 Å². The van der Waals surface area contributed by atoms with Crippen LogP contribution in [0.5, 0.6) is 0 Å². The van der Waals surface area contributed by atoms with E-state index in [0.29, 0.717) is 11.4 Å². The number of amides is 2. The maximum absolute atomic E-state index is 11.8. The number of aromatic nitrogens is 1. The number of hydrogen-bond donors (Lipinski definition) is 2. The topological polar surface area (TPSA) is 87.9 Å². The van der Waals surface area contributed by atoms with Crippen molar-refractivity contribution in [2.75, 3.05) is 17.7 Å². The van der Waals surface area contributed by atoms with E-state index in [0.717, 1.165) is 27.2 Å². The molecule has 8 heteroatoms. The average Bonchev–Trinajstić information content (AvgIpc) is 3.09. The highest BCUT2D eigenvalue weighted by Gasteiger charge is 2.14. The molecule has 1 heterocycles. The number of nitrogens with one attached hydrogen (secondary N) is 2. The van der Waals surface area contributed by atoms with Gasteiger partial charge in [0.25, 0.3) is 0 Å². The Bertz CT molecular complexity index is 1190. The molecule has 3 aromatic rings. The summed E-state index contributed by atoms with van der Waals surface area (Å²) in [6, 6.07) is 13.3. The molecule has 154 valence electrons. The molecule has 0 spiro atoms. The van der Waals surface area contributed by atoms with Crippen molar-refractivity contribution in [1.29, 1.82) is 0 Å². The average molecular weight is 422 g/mol. The molecular weight excluding hydrogens is 398 g/mol. The molecule has 0 saturated heterocycles. The molecule has 0 unspecified atom stereocenters. The first kappa shape index (κ1) is 21.2. The van der Waals surface area contributed by atoms with Crippen LogP contribution in [0, 0.1) is 6.92 Å². The van der Waals surface area contributed by atoms with Crippen LogP contribution >= 0.6 is 11.3 Å². The minimum absolute atomic E-state index is 0.183. The standard InChI is InChI=1S/C22H23N5O2S/c1-14-7-5-6-8-17(14)12-24-27-21(13-30-22(27)23-4)19-10-9-18(25-15(2)28)11-20(19)26-16(3)29/h5-13H,1-4H3,(H,25,28)(H,26,29)/b23-22?,24-12-. The van der Waals surface area contributed by atoms with E-state index in [-0.39, 0.29) is 11.8 Å². The fraction of sp³-hybridized carbons (Fsp3) is 0.182. The predicted molar refractivity (Wildman–Crippen MR) is 122 cm³/mol. The van der Waals surface area contributed by atoms with Crippen LogP contribution in [-0.2, 0) is 9.59 Å². The first-order valence-corrected chi connectivity index (χ1v) is 10.2. The number of anilines is 2. The zero-order valence-corrected chi connectivity index (χ0v) is 18.1. The minimum atomic E-state index is -0.207. The van der Waals surface area contributed by atoms with E-state index in [9.17, 15) is 9.59 Å². The lowest BCUT2D eigenvalue weighted by atomic mass is 10.1. The van der Waals surface area contributed by atoms with Gasteiger partial charge in [0, 0.05) is 37.5 Å². The van der Waals surface area contributed by atoms with Crippen LogP contribution in [0.15, 0.2) is 57.9 Å². The van der Waals surface area contributed by atoms with Gasteiger partial charge in [-0.3, -0.25) is 14.6 Å². The van der Waals surface area contributed by atoms with Crippen LogP contribution in [0.1, 0.15) is 25.0 Å². The van der Waals surface area contributed by atoms with E-state index < -0.39 is 0 Å². The van der Waals surface area contributed by atoms with Crippen LogP contribution in [0.3, 0.4) is 0 Å². The number of thiazole rings is 1. The molecule has 0 radical (unpaired) electrons. The molecule has 3 rings (SSSR count). The Morgan fingerprint density at radius 3 is 2.47 bits per heavy atom. The van der Waals surface area contributed by atoms with Crippen molar-refractivity contribution in [3.63, 3.8) is 0 Å². The van der Waals surface area contributed by atoms with Gasteiger partial charge in [-0.1, -0.05) is 24.3 Å². The third-order valence-corrected chi connectivity index (χ3v) is 5.21. The Hall–Kier alpha value is -3.52. The monoisotopic (exact) mass is 421 g/mol. The summed E-state index contributed by atoms with van der Waals surface area (Å²) in [6.45, 7) is 4.91. The molecule has 30 heavy (non-hydrogen) atoms. The van der Waals surface area contributed by atoms with Crippen molar-refractivity contribution in [1.82, 2.24) is 4.68 Å². The van der Waals surface area contributed by atoms with Gasteiger partial charge in [0.05, 0.1) is 17.6 Å². The van der Waals surface area contributed by atoms with E-state index in [2.05, 4.69) is 20.7 Å². The van der Waals surface area contributed by atoms with E-state index >= 15 is 0 Å². The number of rotatable bonds is 5. The number of benzene rings is 2. The molecule has 0 atom stereocenters. The van der Waals surface area contributed by atoms with Crippen LogP contribution < -0.4 is 15.4 Å². The Labute approximate surface area is 178 Å². The number of hydrogen-bond acceptors (Lipinski definition) is 5. The summed E-state index contributed by atoms with van der Waals surface area (Å²) < 4.78 is 1.75. The lowest BCUT2D eigenvalue weighted by Crippen LogP contribution is -2.13. The summed E-state index contributed by atoms with van der Waals surface area (Å²) in [7, 11) is 1.71. The zero-order chi connectivity index (χ0) is 21.7. The number of carbonyl (C=O) groups is 2. The van der Waals surface area contributed by atoms with Gasteiger partial charge >= 0.3 is 0 Å². The summed E-state index contributed by atoms with van der Waals surface area (Å²) in [4.78, 5) is 28.2. The molecule has 0 saturated carbocycles. The maximum atomic E-state index is 11.8. The molecule has 7 nitrogen and oxygen atoms in total. The van der Waals surface area contributed by atoms with Gasteiger partial charge in [0.1, 0.15) is 0 Å². The number of aryl methyl sites for hydroxylation is 1. The largest absolute Gasteiger partial charge is 0.326 e. The quantitative estimate of drug-likeness (QED) is 0.613. The lowest BCUT2D eigenvalue weighted by Gasteiger charge is -2.13. The first-order chi connectivity index (χ1) is 14.4. The van der Waals surface area contributed by atoms with Gasteiger partial charge in [-0.2, -0.15) is 5.10 Å². The van der Waals surface area contributed by atoms with Crippen molar-refractivity contribution in [2.45, 2.75) is 20.8 Å². The lowest BCUT2D eigenvalue weighted by molar-refractivity contribution is -0.115. The van der Waals surface area contributed by atoms with E-state index in [4.69, 9.17) is 0 Å². The Kier molecular flexibility index (Phi) is 6.58. The highest BCUT2D eigenvalue weighted by atomic mass is 32.1. The molecule has 1 aromatic heterocycles. The van der Waals surface area contributed by atoms with Gasteiger partial charge in [0.15, 0.2) is 0 Å². The van der Waals surface area contributed by atoms with E-state index in [1.807, 2.05) is 42.6 Å². The van der Waals surface area contributed by atoms with E-state index in [1.165, 1.54) is 25.2 Å². The van der Waals surface area contributed by atoms with Crippen molar-refractivity contribution in [2.24, 2.45) is 10.1 Å². The van der Waals surface area contributed by atoms with Gasteiger partial charge < -0.3 is 10.6 Å². The van der Waals surface area contributed by atoms with Crippen molar-refractivity contribution in [3.05, 3.63) is 63.8 Å². The molecule has 0 bridgehead atoms. The van der Waals surface area contributed by atoms with Gasteiger partial charge in [-0.25, -0.2) is 4.68 Å². The molecule has 0 aliphatic rings. The second kappa shape index (κ2) is 9.32. The zero-order valence-electron chi connectivity index (χ0n) is 17.3. The number of carbonyl (C=O) groups excluding carboxylic acids is 2. The van der Waals surface area contributed by atoms with Gasteiger partial charge in [0.2, 0.25) is 16.6 Å². The van der Waals surface area contributed by atoms with Crippen LogP contribution in [0.4, 0.5) is 11.4 Å². The fourth-order valence-corrected chi connectivity index (χ4v) is 3.74. The van der Waals surface area contributed by atoms with Gasteiger partial charge in [-0.05, 0) is 36.2 Å². The summed E-state index contributed by atoms with van der Waals surface area (Å²) in [5.74, 6) is -0.390. The van der Waals surface area contributed by atoms with Crippen molar-refractivity contribution >= 4 is 40.7 Å². The number of nitrogens with zero attached hydrogens (tertiary/aromatic N) is 3. The van der Waals surface area contributed by atoms with Crippen molar-refractivity contribution in [3.8, 4) is 11.3 Å². The second-order valence-corrected chi connectivity index (χ2v) is 7.50. The summed E-state index contributed by atoms with van der Waals surface area (Å²) in [5.41, 5.74) is 4.85. The minimum Gasteiger partial charge on any atom is -0.326 e. The molecule has 2 amide bonds. The van der Waals surface area contributed by atoms with E-state index in [1.54, 1.807) is 30.1 Å². The molecule has 0 aliphatic carbocycles. The SMILES string of the molecule is CN=c1scc(-c2ccc(NC(C)=O)cc2NC(C)=O)n1/N=C\c1ccccc1C. The van der Waals surface area contributed by atoms with Crippen LogP contribution in [0.2, 0.25) is 0 Å². The predicted octanol–water partition coefficient (Wildman–Crippen LogP) is 3.85. The first-order valence-electron chi connectivity index (χ1n) is 9.32. The van der Waals surface area contributed by atoms with Crippen LogP contribution in [-0.4, -0.2) is 29.8 Å². The highest BCUT2D eigenvalue weighted by Crippen LogP contribution is 2.31. The van der Waals surface area contributed by atoms with Crippen molar-refractivity contribution < 1.29 is 9.59 Å². The summed E-state index contributed by atoms with van der Waals surface area (Å²) in [6.07, 6.45) is 1.80. The highest BCUT2D eigenvalue weighted by molar-refractivity contribution is 7.07. The molecule has 0 fully saturated rings. The molecule has 2 N–H and O–H groups in total. The molecule has 2 aromatic carbocycles. The van der Waals surface area contributed by atoms with Gasteiger partial charge in [-0.15, -0.1) is 11.3 Å². The normalized spacial score (nSPS) is 11.7. The smallest absolute Gasteiger partial charge is 0.221 e. The molecule has 0 aliphatic heterocycles. The Balaban J connectivity index is 2.12. The molecular formula is C22H23N5O2S. The summed E-state index contributed by atoms with van der Waals surface area (Å²) >= 11 is 1.45. The second-order valence-electron chi connectivity index (χ2n) is 6.66.